The summed E-state index contributed by atoms with van der Waals surface area (Å²) >= 11 is 0. The molecule has 0 saturated carbocycles. The predicted molar refractivity (Wildman–Crippen MR) is 104 cm³/mol. The molecule has 0 amide bonds. The minimum absolute atomic E-state index is 0. The molecule has 0 aliphatic rings. The molecule has 0 bridgehead atoms. The Labute approximate surface area is 171 Å². The van der Waals surface area contributed by atoms with Crippen molar-refractivity contribution in [1.82, 2.24) is 14.6 Å². The first-order valence-electron chi connectivity index (χ1n) is 7.92. The normalized spacial score (nSPS) is 11.3. The van der Waals surface area contributed by atoms with Gasteiger partial charge in [0.2, 0.25) is 0 Å². The molecule has 0 radical (unpaired) electrons. The molecule has 0 aliphatic carbocycles. The standard InChI is InChI=1S/C20H19N3O2.H2O.W/c1-4-6-15(7-5-2)19-13(3)20-21-17(12-18(25)23(20)22-19)14-8-10-16(24)11-9-14;;/h4-12,22,24H,1H2,2-3H3;1H2;/b7-5-,15-6+;;. The van der Waals surface area contributed by atoms with Gasteiger partial charge in [0, 0.05) is 38.3 Å². The topological polar surface area (TPSA) is 102 Å². The van der Waals surface area contributed by atoms with E-state index in [1.165, 1.54) is 10.6 Å². The number of phenols is 1. The second-order valence-electron chi connectivity index (χ2n) is 5.66. The molecule has 0 fully saturated rings. The number of allylic oxidation sites excluding steroid dienone is 5. The monoisotopic (exact) mass is 535 g/mol. The quantitative estimate of drug-likeness (QED) is 0.503. The molecule has 3 aromatic rings. The molecule has 4 N–H and O–H groups in total. The van der Waals surface area contributed by atoms with Gasteiger partial charge in [-0.1, -0.05) is 30.9 Å². The van der Waals surface area contributed by atoms with Crippen molar-refractivity contribution in [3.05, 3.63) is 82.8 Å². The zero-order valence-electron chi connectivity index (χ0n) is 15.1. The van der Waals surface area contributed by atoms with Crippen molar-refractivity contribution in [2.24, 2.45) is 0 Å². The zero-order chi connectivity index (χ0) is 18.0. The van der Waals surface area contributed by atoms with Crippen molar-refractivity contribution >= 4 is 11.2 Å². The minimum Gasteiger partial charge on any atom is -0.508 e. The Morgan fingerprint density at radius 1 is 1.30 bits per heavy atom. The van der Waals surface area contributed by atoms with E-state index < -0.39 is 0 Å². The number of benzene rings is 1. The van der Waals surface area contributed by atoms with Crippen molar-refractivity contribution in [2.45, 2.75) is 13.8 Å². The number of nitrogens with zero attached hydrogens (tertiary/aromatic N) is 2. The van der Waals surface area contributed by atoms with Crippen LogP contribution in [0.25, 0.3) is 22.5 Å². The van der Waals surface area contributed by atoms with Crippen LogP contribution < -0.4 is 5.56 Å². The summed E-state index contributed by atoms with van der Waals surface area (Å²) in [4.78, 5) is 17.2. The summed E-state index contributed by atoms with van der Waals surface area (Å²) in [6, 6.07) is 8.10. The number of fused-ring (bicyclic) bond motifs is 1. The van der Waals surface area contributed by atoms with Crippen LogP contribution >= 0.6 is 0 Å². The molecule has 1 aromatic carbocycles. The van der Waals surface area contributed by atoms with Gasteiger partial charge in [-0.15, -0.1) is 0 Å². The summed E-state index contributed by atoms with van der Waals surface area (Å²) in [7, 11) is 0. The van der Waals surface area contributed by atoms with E-state index in [1.54, 1.807) is 30.3 Å². The van der Waals surface area contributed by atoms with Gasteiger partial charge in [0.25, 0.3) is 5.56 Å². The van der Waals surface area contributed by atoms with E-state index in [1.807, 2.05) is 32.1 Å². The SMILES string of the molecule is C=C/C=C(\C=C/C)c1[nH]n2c(=O)cc(-c3ccc(O)cc3)nc2c1C.O.[W]. The van der Waals surface area contributed by atoms with Gasteiger partial charge in [-0.25, -0.2) is 9.50 Å². The van der Waals surface area contributed by atoms with E-state index in [-0.39, 0.29) is 37.9 Å². The Hall–Kier alpha value is -2.69. The van der Waals surface area contributed by atoms with Gasteiger partial charge in [-0.05, 0) is 43.7 Å². The first kappa shape index (κ1) is 22.3. The number of aromatic amines is 1. The predicted octanol–water partition coefficient (Wildman–Crippen LogP) is 3.02. The third-order valence-corrected chi connectivity index (χ3v) is 3.95. The second kappa shape index (κ2) is 9.30. The number of hydrogen-bond donors (Lipinski definition) is 2. The fourth-order valence-corrected chi connectivity index (χ4v) is 2.74. The number of phenolic OH excluding ortho intramolecular Hbond substituents is 1. The number of nitrogens with one attached hydrogen (secondary N) is 1. The number of aromatic nitrogens is 3. The van der Waals surface area contributed by atoms with Crippen LogP contribution in [0.15, 0.2) is 66.0 Å². The van der Waals surface area contributed by atoms with Gasteiger partial charge >= 0.3 is 0 Å². The molecule has 7 heteroatoms. The second-order valence-corrected chi connectivity index (χ2v) is 5.66. The first-order chi connectivity index (χ1) is 12.0. The van der Waals surface area contributed by atoms with Crippen molar-refractivity contribution in [3.8, 4) is 17.0 Å². The van der Waals surface area contributed by atoms with Gasteiger partial charge in [0.05, 0.1) is 11.4 Å². The van der Waals surface area contributed by atoms with Crippen molar-refractivity contribution in [2.75, 3.05) is 0 Å². The molecule has 0 unspecified atom stereocenters. The largest absolute Gasteiger partial charge is 0.508 e. The van der Waals surface area contributed by atoms with Gasteiger partial charge in [0.15, 0.2) is 5.65 Å². The van der Waals surface area contributed by atoms with Crippen LogP contribution in [0, 0.1) is 6.92 Å². The molecule has 2 heterocycles. The van der Waals surface area contributed by atoms with Crippen LogP contribution in [-0.4, -0.2) is 25.2 Å². The molecular weight excluding hydrogens is 514 g/mol. The van der Waals surface area contributed by atoms with E-state index >= 15 is 0 Å². The van der Waals surface area contributed by atoms with E-state index in [0.29, 0.717) is 11.3 Å². The van der Waals surface area contributed by atoms with Crippen LogP contribution in [0.5, 0.6) is 5.75 Å². The molecule has 140 valence electrons. The molecule has 0 atom stereocenters. The number of H-pyrrole nitrogens is 1. The van der Waals surface area contributed by atoms with Crippen LogP contribution in [0.2, 0.25) is 0 Å². The summed E-state index contributed by atoms with van der Waals surface area (Å²) < 4.78 is 1.44. The third-order valence-electron chi connectivity index (χ3n) is 3.95. The maximum Gasteiger partial charge on any atom is 0.273 e. The van der Waals surface area contributed by atoms with E-state index in [4.69, 9.17) is 0 Å². The molecule has 3 rings (SSSR count). The van der Waals surface area contributed by atoms with Gasteiger partial charge < -0.3 is 10.6 Å². The molecule has 6 nitrogen and oxygen atoms in total. The van der Waals surface area contributed by atoms with E-state index in [0.717, 1.165) is 22.4 Å². The Bertz CT molecular complexity index is 1060. The molecule has 0 saturated heterocycles. The first-order valence-corrected chi connectivity index (χ1v) is 7.92. The number of rotatable bonds is 4. The summed E-state index contributed by atoms with van der Waals surface area (Å²) in [5.74, 6) is 0.173. The van der Waals surface area contributed by atoms with Gasteiger partial charge in [-0.2, -0.15) is 0 Å². The van der Waals surface area contributed by atoms with E-state index in [2.05, 4.69) is 16.7 Å². The van der Waals surface area contributed by atoms with Crippen molar-refractivity contribution in [1.29, 1.82) is 0 Å². The van der Waals surface area contributed by atoms with Crippen LogP contribution in [0.3, 0.4) is 0 Å². The summed E-state index contributed by atoms with van der Waals surface area (Å²) in [5, 5.41) is 12.6. The fraction of sp³-hybridized carbons (Fsp3) is 0.100. The fourth-order valence-electron chi connectivity index (χ4n) is 2.74. The minimum atomic E-state index is -0.194. The molecule has 27 heavy (non-hydrogen) atoms. The summed E-state index contributed by atoms with van der Waals surface area (Å²) in [6.07, 6.45) is 7.46. The maximum atomic E-state index is 12.5. The number of aryl methyl sites for hydroxylation is 1. The number of aromatic hydroxyl groups is 1. The average Bonchev–Trinajstić information content (AvgIpc) is 2.93. The Balaban J connectivity index is 0.00000182. The number of hydrogen-bond acceptors (Lipinski definition) is 3. The van der Waals surface area contributed by atoms with Gasteiger partial charge in [0.1, 0.15) is 5.75 Å². The van der Waals surface area contributed by atoms with Crippen LogP contribution in [0.1, 0.15) is 18.2 Å². The van der Waals surface area contributed by atoms with Crippen molar-refractivity contribution in [3.63, 3.8) is 0 Å². The molecule has 2 aromatic heterocycles. The zero-order valence-corrected chi connectivity index (χ0v) is 18.0. The van der Waals surface area contributed by atoms with Gasteiger partial charge in [-0.3, -0.25) is 9.89 Å². The Kier molecular flexibility index (Phi) is 7.70. The molecule has 0 aliphatic heterocycles. The Morgan fingerprint density at radius 2 is 1.96 bits per heavy atom. The van der Waals surface area contributed by atoms with E-state index in [9.17, 15) is 9.90 Å². The van der Waals surface area contributed by atoms with Crippen molar-refractivity contribution < 1.29 is 31.6 Å². The average molecular weight is 535 g/mol. The molecular formula is C20H21N3O3W. The third kappa shape index (κ3) is 4.35. The maximum absolute atomic E-state index is 12.5. The molecule has 0 spiro atoms. The van der Waals surface area contributed by atoms with Crippen LogP contribution in [-0.2, 0) is 21.1 Å². The smallest absolute Gasteiger partial charge is 0.273 e. The van der Waals surface area contributed by atoms with Crippen LogP contribution in [0.4, 0.5) is 0 Å². The summed E-state index contributed by atoms with van der Waals surface area (Å²) in [5.41, 5.74) is 4.35. The Morgan fingerprint density at radius 3 is 2.56 bits per heavy atom. The summed E-state index contributed by atoms with van der Waals surface area (Å²) in [6.45, 7) is 7.60.